The molecule has 30 heavy (non-hydrogen) atoms. The number of hydrogen-bond donors (Lipinski definition) is 1. The maximum Gasteiger partial charge on any atom is 0.253 e. The van der Waals surface area contributed by atoms with Crippen LogP contribution in [0.25, 0.3) is 0 Å². The second kappa shape index (κ2) is 9.35. The molecule has 1 atom stereocenters. The normalized spacial score (nSPS) is 23.2. The first-order chi connectivity index (χ1) is 14.5. The Balaban J connectivity index is 1.35. The lowest BCUT2D eigenvalue weighted by Crippen LogP contribution is -2.56. The zero-order valence-corrected chi connectivity index (χ0v) is 18.3. The second-order valence-electron chi connectivity index (χ2n) is 9.00. The fourth-order valence-electron chi connectivity index (χ4n) is 4.76. The van der Waals surface area contributed by atoms with Gasteiger partial charge >= 0.3 is 0 Å². The van der Waals surface area contributed by atoms with Crippen LogP contribution in [0.1, 0.15) is 36.0 Å². The van der Waals surface area contributed by atoms with Gasteiger partial charge in [-0.1, -0.05) is 6.42 Å². The summed E-state index contributed by atoms with van der Waals surface area (Å²) in [5.74, 6) is 0.274. The first-order valence-corrected chi connectivity index (χ1v) is 11.3. The van der Waals surface area contributed by atoms with E-state index >= 15 is 0 Å². The van der Waals surface area contributed by atoms with Gasteiger partial charge in [-0.25, -0.2) is 0 Å². The standard InChI is InChI=1S/C23H35N5O2/c1-25(2)23(30)18-6-8-20(9-7-18)28-11-10-24-17-21(28)16-22(29)27-14-12-26(13-15-27)19-4-3-5-19/h6-9,19,21,24H,3-5,10-17H2,1-2H3. The van der Waals surface area contributed by atoms with E-state index in [-0.39, 0.29) is 17.9 Å². The van der Waals surface area contributed by atoms with Crippen LogP contribution in [0.5, 0.6) is 0 Å². The third-order valence-corrected chi connectivity index (χ3v) is 6.87. The van der Waals surface area contributed by atoms with E-state index in [0.717, 1.165) is 57.5 Å². The van der Waals surface area contributed by atoms with Crippen LogP contribution in [0.2, 0.25) is 0 Å². The number of benzene rings is 1. The number of anilines is 1. The Morgan fingerprint density at radius 3 is 2.33 bits per heavy atom. The Bertz CT molecular complexity index is 738. The predicted molar refractivity (Wildman–Crippen MR) is 119 cm³/mol. The van der Waals surface area contributed by atoms with Crippen molar-refractivity contribution in [3.63, 3.8) is 0 Å². The zero-order valence-electron chi connectivity index (χ0n) is 18.3. The lowest BCUT2D eigenvalue weighted by molar-refractivity contribution is -0.134. The molecule has 2 amide bonds. The van der Waals surface area contributed by atoms with Crippen molar-refractivity contribution in [3.05, 3.63) is 29.8 Å². The third-order valence-electron chi connectivity index (χ3n) is 6.87. The van der Waals surface area contributed by atoms with Crippen molar-refractivity contribution in [2.45, 2.75) is 37.8 Å². The largest absolute Gasteiger partial charge is 0.365 e. The molecule has 0 radical (unpaired) electrons. The molecule has 3 aliphatic rings. The van der Waals surface area contributed by atoms with Gasteiger partial charge in [0.1, 0.15) is 0 Å². The van der Waals surface area contributed by atoms with Crippen molar-refractivity contribution in [3.8, 4) is 0 Å². The van der Waals surface area contributed by atoms with E-state index in [9.17, 15) is 9.59 Å². The first kappa shape index (κ1) is 21.1. The lowest BCUT2D eigenvalue weighted by atomic mass is 9.91. The summed E-state index contributed by atoms with van der Waals surface area (Å²) >= 11 is 0. The van der Waals surface area contributed by atoms with Crippen LogP contribution in [0.15, 0.2) is 24.3 Å². The van der Waals surface area contributed by atoms with Gasteiger partial charge in [0.25, 0.3) is 5.91 Å². The molecule has 164 valence electrons. The highest BCUT2D eigenvalue weighted by Crippen LogP contribution is 2.26. The summed E-state index contributed by atoms with van der Waals surface area (Å²) in [7, 11) is 3.53. The Morgan fingerprint density at radius 1 is 1.03 bits per heavy atom. The van der Waals surface area contributed by atoms with Gasteiger partial charge in [0, 0.05) is 83.6 Å². The molecule has 0 spiro atoms. The predicted octanol–water partition coefficient (Wildman–Crippen LogP) is 1.25. The van der Waals surface area contributed by atoms with E-state index in [1.165, 1.54) is 19.3 Å². The molecule has 7 nitrogen and oxygen atoms in total. The Morgan fingerprint density at radius 2 is 1.73 bits per heavy atom. The summed E-state index contributed by atoms with van der Waals surface area (Å²) < 4.78 is 0. The smallest absolute Gasteiger partial charge is 0.253 e. The van der Waals surface area contributed by atoms with Gasteiger partial charge in [0.05, 0.1) is 6.04 Å². The number of nitrogens with zero attached hydrogens (tertiary/aromatic N) is 4. The van der Waals surface area contributed by atoms with E-state index in [2.05, 4.69) is 20.0 Å². The van der Waals surface area contributed by atoms with Gasteiger partial charge < -0.3 is 20.0 Å². The summed E-state index contributed by atoms with van der Waals surface area (Å²) in [5, 5.41) is 3.44. The van der Waals surface area contributed by atoms with Crippen LogP contribution in [0.3, 0.4) is 0 Å². The van der Waals surface area contributed by atoms with Crippen molar-refractivity contribution in [1.82, 2.24) is 20.0 Å². The lowest BCUT2D eigenvalue weighted by Gasteiger charge is -2.44. The van der Waals surface area contributed by atoms with Crippen molar-refractivity contribution < 1.29 is 9.59 Å². The van der Waals surface area contributed by atoms with Crippen LogP contribution in [-0.2, 0) is 4.79 Å². The number of carbonyl (C=O) groups excluding carboxylic acids is 2. The minimum Gasteiger partial charge on any atom is -0.365 e. The molecule has 4 rings (SSSR count). The van der Waals surface area contributed by atoms with Crippen LogP contribution in [-0.4, -0.2) is 98.5 Å². The molecule has 2 heterocycles. The van der Waals surface area contributed by atoms with Gasteiger partial charge in [-0.2, -0.15) is 0 Å². The molecule has 1 aromatic carbocycles. The topological polar surface area (TPSA) is 59.1 Å². The van der Waals surface area contributed by atoms with Crippen LogP contribution in [0, 0.1) is 0 Å². The molecule has 0 bridgehead atoms. The Hall–Kier alpha value is -2.12. The maximum atomic E-state index is 13.0. The SMILES string of the molecule is CN(C)C(=O)c1ccc(N2CCNCC2CC(=O)N2CCN(C3CCC3)CC2)cc1. The number of piperazine rings is 2. The molecular formula is C23H35N5O2. The molecule has 2 aliphatic heterocycles. The van der Waals surface area contributed by atoms with Gasteiger partial charge in [0.15, 0.2) is 0 Å². The summed E-state index contributed by atoms with van der Waals surface area (Å²) in [4.78, 5) is 33.7. The molecule has 7 heteroatoms. The summed E-state index contributed by atoms with van der Waals surface area (Å²) in [6.45, 7) is 6.34. The fraction of sp³-hybridized carbons (Fsp3) is 0.652. The van der Waals surface area contributed by atoms with Gasteiger partial charge in [-0.05, 0) is 37.1 Å². The van der Waals surface area contributed by atoms with E-state index < -0.39 is 0 Å². The fourth-order valence-corrected chi connectivity index (χ4v) is 4.76. The molecule has 1 saturated carbocycles. The summed E-state index contributed by atoms with van der Waals surface area (Å²) in [6.07, 6.45) is 4.55. The van der Waals surface area contributed by atoms with Crippen molar-refractivity contribution in [1.29, 1.82) is 0 Å². The number of carbonyl (C=O) groups is 2. The van der Waals surface area contributed by atoms with Gasteiger partial charge in [-0.15, -0.1) is 0 Å². The van der Waals surface area contributed by atoms with Gasteiger partial charge in [0.2, 0.25) is 5.91 Å². The van der Waals surface area contributed by atoms with E-state index in [4.69, 9.17) is 0 Å². The van der Waals surface area contributed by atoms with Crippen molar-refractivity contribution >= 4 is 17.5 Å². The molecule has 1 aromatic rings. The molecule has 2 saturated heterocycles. The first-order valence-electron chi connectivity index (χ1n) is 11.3. The number of nitrogens with one attached hydrogen (secondary N) is 1. The minimum absolute atomic E-state index is 0.00892. The van der Waals surface area contributed by atoms with Crippen LogP contribution < -0.4 is 10.2 Å². The zero-order chi connectivity index (χ0) is 21.1. The Labute approximate surface area is 180 Å². The quantitative estimate of drug-likeness (QED) is 0.788. The number of rotatable bonds is 5. The summed E-state index contributed by atoms with van der Waals surface area (Å²) in [5.41, 5.74) is 1.77. The molecule has 1 N–H and O–H groups in total. The van der Waals surface area contributed by atoms with Crippen molar-refractivity contribution in [2.24, 2.45) is 0 Å². The monoisotopic (exact) mass is 413 g/mol. The van der Waals surface area contributed by atoms with Crippen LogP contribution in [0.4, 0.5) is 5.69 Å². The van der Waals surface area contributed by atoms with Crippen molar-refractivity contribution in [2.75, 3.05) is 64.8 Å². The third kappa shape index (κ3) is 4.62. The maximum absolute atomic E-state index is 13.0. The molecule has 1 unspecified atom stereocenters. The highest BCUT2D eigenvalue weighted by Gasteiger charge is 2.31. The van der Waals surface area contributed by atoms with Gasteiger partial charge in [-0.3, -0.25) is 14.5 Å². The average molecular weight is 414 g/mol. The van der Waals surface area contributed by atoms with Crippen LogP contribution >= 0.6 is 0 Å². The van der Waals surface area contributed by atoms with E-state index in [1.54, 1.807) is 19.0 Å². The number of hydrogen-bond acceptors (Lipinski definition) is 5. The van der Waals surface area contributed by atoms with E-state index in [1.807, 2.05) is 24.3 Å². The second-order valence-corrected chi connectivity index (χ2v) is 9.00. The average Bonchev–Trinajstić information content (AvgIpc) is 2.73. The number of amides is 2. The Kier molecular flexibility index (Phi) is 6.58. The highest BCUT2D eigenvalue weighted by molar-refractivity contribution is 5.94. The van der Waals surface area contributed by atoms with E-state index in [0.29, 0.717) is 12.0 Å². The molecular weight excluding hydrogens is 378 g/mol. The minimum atomic E-state index is 0.00892. The molecule has 3 fully saturated rings. The highest BCUT2D eigenvalue weighted by atomic mass is 16.2. The summed E-state index contributed by atoms with van der Waals surface area (Å²) in [6, 6.07) is 8.71. The molecule has 1 aliphatic carbocycles. The molecule has 0 aromatic heterocycles.